The molecular formula is C26H27N3O4. The van der Waals surface area contributed by atoms with E-state index >= 15 is 0 Å². The molecule has 0 heterocycles. The van der Waals surface area contributed by atoms with E-state index in [0.717, 1.165) is 5.56 Å². The summed E-state index contributed by atoms with van der Waals surface area (Å²) in [5, 5.41) is 5.65. The summed E-state index contributed by atoms with van der Waals surface area (Å²) in [6.45, 7) is 5.62. The average molecular weight is 446 g/mol. The van der Waals surface area contributed by atoms with Crippen molar-refractivity contribution < 1.29 is 19.1 Å². The highest BCUT2D eigenvalue weighted by Gasteiger charge is 2.15. The third-order valence-electron chi connectivity index (χ3n) is 4.91. The van der Waals surface area contributed by atoms with Gasteiger partial charge in [-0.25, -0.2) is 9.59 Å². The Morgan fingerprint density at radius 2 is 1.55 bits per heavy atom. The lowest BCUT2D eigenvalue weighted by Crippen LogP contribution is -2.40. The lowest BCUT2D eigenvalue weighted by Gasteiger charge is -2.20. The summed E-state index contributed by atoms with van der Waals surface area (Å²) in [6, 6.07) is 20.3. The third kappa shape index (κ3) is 6.20. The topological polar surface area (TPSA) is 87.7 Å². The molecule has 0 unspecified atom stereocenters. The highest BCUT2D eigenvalue weighted by atomic mass is 16.5. The van der Waals surface area contributed by atoms with Crippen LogP contribution in [0.4, 0.5) is 16.2 Å². The number of rotatable bonds is 6. The molecule has 0 aromatic heterocycles. The van der Waals surface area contributed by atoms with Gasteiger partial charge < -0.3 is 15.4 Å². The molecule has 33 heavy (non-hydrogen) atoms. The molecule has 0 saturated heterocycles. The zero-order valence-corrected chi connectivity index (χ0v) is 19.1. The first-order chi connectivity index (χ1) is 15.7. The Morgan fingerprint density at radius 1 is 0.879 bits per heavy atom. The maximum atomic E-state index is 12.7. The van der Waals surface area contributed by atoms with E-state index in [1.807, 2.05) is 26.8 Å². The number of urea groups is 1. The molecule has 0 spiro atoms. The largest absolute Gasteiger partial charge is 0.423 e. The molecule has 3 aromatic rings. The molecule has 0 aliphatic rings. The van der Waals surface area contributed by atoms with Crippen molar-refractivity contribution in [3.05, 3.63) is 89.5 Å². The van der Waals surface area contributed by atoms with Gasteiger partial charge in [0.25, 0.3) is 5.91 Å². The van der Waals surface area contributed by atoms with E-state index in [1.54, 1.807) is 73.8 Å². The minimum atomic E-state index is -0.552. The maximum absolute atomic E-state index is 12.7. The molecule has 0 radical (unpaired) electrons. The molecule has 7 heteroatoms. The van der Waals surface area contributed by atoms with E-state index in [-0.39, 0.29) is 18.0 Å². The number of amides is 3. The summed E-state index contributed by atoms with van der Waals surface area (Å²) in [4.78, 5) is 38.8. The van der Waals surface area contributed by atoms with E-state index in [4.69, 9.17) is 4.74 Å². The smallest absolute Gasteiger partial charge is 0.343 e. The number of carbonyl (C=O) groups is 3. The molecule has 0 bridgehead atoms. The first-order valence-corrected chi connectivity index (χ1v) is 10.6. The molecule has 170 valence electrons. The van der Waals surface area contributed by atoms with Crippen molar-refractivity contribution in [2.75, 3.05) is 17.3 Å². The number of hydrogen-bond donors (Lipinski definition) is 2. The predicted molar refractivity (Wildman–Crippen MR) is 129 cm³/mol. The van der Waals surface area contributed by atoms with Gasteiger partial charge in [-0.15, -0.1) is 0 Å². The normalized spacial score (nSPS) is 10.5. The van der Waals surface area contributed by atoms with Crippen LogP contribution in [0.2, 0.25) is 0 Å². The molecule has 0 aliphatic heterocycles. The fourth-order valence-electron chi connectivity index (χ4n) is 3.03. The van der Waals surface area contributed by atoms with Crippen molar-refractivity contribution in [2.45, 2.75) is 26.8 Å². The van der Waals surface area contributed by atoms with Crippen LogP contribution in [0.3, 0.4) is 0 Å². The van der Waals surface area contributed by atoms with Gasteiger partial charge in [0.1, 0.15) is 5.75 Å². The monoisotopic (exact) mass is 445 g/mol. The minimum absolute atomic E-state index is 0.0251. The van der Waals surface area contributed by atoms with Crippen LogP contribution in [0.15, 0.2) is 72.8 Å². The molecule has 0 aliphatic carbocycles. The molecule has 3 amide bonds. The third-order valence-corrected chi connectivity index (χ3v) is 4.91. The van der Waals surface area contributed by atoms with Gasteiger partial charge in [-0.1, -0.05) is 24.3 Å². The van der Waals surface area contributed by atoms with Crippen LogP contribution in [0.25, 0.3) is 0 Å². The molecule has 0 atom stereocenters. The molecule has 3 aromatic carbocycles. The lowest BCUT2D eigenvalue weighted by atomic mass is 10.1. The summed E-state index contributed by atoms with van der Waals surface area (Å²) in [5.74, 6) is -0.467. The van der Waals surface area contributed by atoms with Crippen molar-refractivity contribution >= 4 is 29.3 Å². The zero-order valence-electron chi connectivity index (χ0n) is 19.1. The van der Waals surface area contributed by atoms with Gasteiger partial charge in [0.15, 0.2) is 0 Å². The van der Waals surface area contributed by atoms with Crippen molar-refractivity contribution in [1.82, 2.24) is 5.32 Å². The van der Waals surface area contributed by atoms with Crippen molar-refractivity contribution in [3.63, 3.8) is 0 Å². The summed E-state index contributed by atoms with van der Waals surface area (Å²) < 4.78 is 5.47. The number of esters is 1. The standard InChI is InChI=1S/C26H27N3O4/c1-17(2)27-26(32)29(4)21-12-14-22(15-13-21)33-25(31)20-11-10-18(3)23(16-20)28-24(30)19-8-6-5-7-9-19/h5-17H,1-4H3,(H,27,32)(H,28,30). The van der Waals surface area contributed by atoms with Gasteiger partial charge in [-0.3, -0.25) is 9.69 Å². The van der Waals surface area contributed by atoms with E-state index in [0.29, 0.717) is 28.3 Å². The minimum Gasteiger partial charge on any atom is -0.423 e. The summed E-state index contributed by atoms with van der Waals surface area (Å²) in [5.41, 5.74) is 2.85. The Balaban J connectivity index is 1.68. The summed E-state index contributed by atoms with van der Waals surface area (Å²) in [6.07, 6.45) is 0. The van der Waals surface area contributed by atoms with E-state index < -0.39 is 5.97 Å². The van der Waals surface area contributed by atoms with E-state index in [1.165, 1.54) is 4.90 Å². The van der Waals surface area contributed by atoms with Crippen molar-refractivity contribution in [2.24, 2.45) is 0 Å². The molecule has 3 rings (SSSR count). The van der Waals surface area contributed by atoms with Crippen LogP contribution in [0, 0.1) is 6.92 Å². The Morgan fingerprint density at radius 3 is 2.18 bits per heavy atom. The Labute approximate surface area is 193 Å². The van der Waals surface area contributed by atoms with Gasteiger partial charge in [0, 0.05) is 30.0 Å². The number of carbonyl (C=O) groups excluding carboxylic acids is 3. The molecule has 0 saturated carbocycles. The van der Waals surface area contributed by atoms with Gasteiger partial charge in [-0.05, 0) is 74.9 Å². The van der Waals surface area contributed by atoms with Gasteiger partial charge in [-0.2, -0.15) is 0 Å². The molecular weight excluding hydrogens is 418 g/mol. The molecule has 2 N–H and O–H groups in total. The van der Waals surface area contributed by atoms with Crippen LogP contribution >= 0.6 is 0 Å². The van der Waals surface area contributed by atoms with Gasteiger partial charge in [0.05, 0.1) is 5.56 Å². The van der Waals surface area contributed by atoms with Crippen LogP contribution < -0.4 is 20.3 Å². The number of ether oxygens (including phenoxy) is 1. The van der Waals surface area contributed by atoms with Gasteiger partial charge >= 0.3 is 12.0 Å². The van der Waals surface area contributed by atoms with Crippen molar-refractivity contribution in [1.29, 1.82) is 0 Å². The van der Waals surface area contributed by atoms with Crippen LogP contribution in [-0.2, 0) is 0 Å². The lowest BCUT2D eigenvalue weighted by molar-refractivity contribution is 0.0734. The fraction of sp³-hybridized carbons (Fsp3) is 0.192. The second-order valence-electron chi connectivity index (χ2n) is 7.90. The number of hydrogen-bond acceptors (Lipinski definition) is 4. The highest BCUT2D eigenvalue weighted by Crippen LogP contribution is 2.22. The van der Waals surface area contributed by atoms with Crippen LogP contribution in [0.5, 0.6) is 5.75 Å². The number of benzene rings is 3. The zero-order chi connectivity index (χ0) is 24.0. The summed E-state index contributed by atoms with van der Waals surface area (Å²) in [7, 11) is 1.66. The van der Waals surface area contributed by atoms with Gasteiger partial charge in [0.2, 0.25) is 0 Å². The van der Waals surface area contributed by atoms with E-state index in [2.05, 4.69) is 10.6 Å². The number of nitrogens with one attached hydrogen (secondary N) is 2. The highest BCUT2D eigenvalue weighted by molar-refractivity contribution is 6.05. The summed E-state index contributed by atoms with van der Waals surface area (Å²) >= 11 is 0. The average Bonchev–Trinajstić information content (AvgIpc) is 2.80. The second kappa shape index (κ2) is 10.5. The first kappa shape index (κ1) is 23.5. The molecule has 0 fully saturated rings. The number of nitrogens with zero attached hydrogens (tertiary/aromatic N) is 1. The molecule has 7 nitrogen and oxygen atoms in total. The van der Waals surface area contributed by atoms with Crippen molar-refractivity contribution in [3.8, 4) is 5.75 Å². The van der Waals surface area contributed by atoms with E-state index in [9.17, 15) is 14.4 Å². The maximum Gasteiger partial charge on any atom is 0.343 e. The quantitative estimate of drug-likeness (QED) is 0.412. The van der Waals surface area contributed by atoms with Crippen LogP contribution in [0.1, 0.15) is 40.1 Å². The number of anilines is 2. The Hall–Kier alpha value is -4.13. The first-order valence-electron chi connectivity index (χ1n) is 10.6. The Kier molecular flexibility index (Phi) is 7.46. The van der Waals surface area contributed by atoms with Crippen LogP contribution in [-0.4, -0.2) is 31.0 Å². The predicted octanol–water partition coefficient (Wildman–Crippen LogP) is 5.02. The number of aryl methyl sites for hydroxylation is 1. The fourth-order valence-corrected chi connectivity index (χ4v) is 3.03. The Bertz CT molecular complexity index is 1140. The second-order valence-corrected chi connectivity index (χ2v) is 7.90. The SMILES string of the molecule is Cc1ccc(C(=O)Oc2ccc(N(C)C(=O)NC(C)C)cc2)cc1NC(=O)c1ccccc1.